The van der Waals surface area contributed by atoms with E-state index in [1.807, 2.05) is 13.0 Å². The van der Waals surface area contributed by atoms with Gasteiger partial charge in [0.05, 0.1) is 16.9 Å². The Morgan fingerprint density at radius 1 is 1.54 bits per heavy atom. The van der Waals surface area contributed by atoms with Gasteiger partial charge in [-0.3, -0.25) is 0 Å². The summed E-state index contributed by atoms with van der Waals surface area (Å²) in [6, 6.07) is 3.70. The SMILES string of the molecule is CON=Cc1cc(C)cc(Cl)c1N. The fraction of sp³-hybridized carbons (Fsp3) is 0.222. The molecule has 0 unspecified atom stereocenters. The van der Waals surface area contributed by atoms with Crippen molar-refractivity contribution in [1.82, 2.24) is 0 Å². The van der Waals surface area contributed by atoms with Gasteiger partial charge in [0, 0.05) is 5.56 Å². The molecule has 3 nitrogen and oxygen atoms in total. The number of nitrogens with zero attached hydrogens (tertiary/aromatic N) is 1. The molecule has 70 valence electrons. The molecule has 2 N–H and O–H groups in total. The zero-order valence-electron chi connectivity index (χ0n) is 7.54. The molecule has 0 radical (unpaired) electrons. The fourth-order valence-corrected chi connectivity index (χ4v) is 1.28. The summed E-state index contributed by atoms with van der Waals surface area (Å²) in [5, 5.41) is 4.16. The molecule has 0 aromatic heterocycles. The topological polar surface area (TPSA) is 47.6 Å². The number of hydrogen-bond donors (Lipinski definition) is 1. The van der Waals surface area contributed by atoms with Gasteiger partial charge in [-0.25, -0.2) is 0 Å². The quantitative estimate of drug-likeness (QED) is 0.450. The first-order chi connectivity index (χ1) is 6.15. The lowest BCUT2D eigenvalue weighted by atomic mass is 10.1. The molecule has 0 aliphatic carbocycles. The Kier molecular flexibility index (Phi) is 3.14. The minimum atomic E-state index is 0.521. The van der Waals surface area contributed by atoms with Crippen LogP contribution in [-0.2, 0) is 4.84 Å². The maximum absolute atomic E-state index is 5.87. The maximum atomic E-state index is 5.87. The van der Waals surface area contributed by atoms with E-state index in [1.54, 1.807) is 6.07 Å². The predicted octanol–water partition coefficient (Wildman–Crippen LogP) is 2.21. The number of oxime groups is 1. The van der Waals surface area contributed by atoms with Gasteiger partial charge in [-0.15, -0.1) is 0 Å². The molecule has 1 rings (SSSR count). The molecule has 0 fully saturated rings. The van der Waals surface area contributed by atoms with Crippen LogP contribution in [0.2, 0.25) is 5.02 Å². The third-order valence-corrected chi connectivity index (χ3v) is 1.92. The van der Waals surface area contributed by atoms with E-state index in [0.717, 1.165) is 11.1 Å². The van der Waals surface area contributed by atoms with E-state index in [9.17, 15) is 0 Å². The van der Waals surface area contributed by atoms with Crippen molar-refractivity contribution < 1.29 is 4.84 Å². The summed E-state index contributed by atoms with van der Waals surface area (Å²) in [5.41, 5.74) is 8.04. The first-order valence-corrected chi connectivity index (χ1v) is 4.15. The van der Waals surface area contributed by atoms with Gasteiger partial charge in [0.2, 0.25) is 0 Å². The second-order valence-electron chi connectivity index (χ2n) is 2.67. The zero-order chi connectivity index (χ0) is 9.84. The van der Waals surface area contributed by atoms with Gasteiger partial charge < -0.3 is 10.6 Å². The summed E-state index contributed by atoms with van der Waals surface area (Å²) in [6.07, 6.45) is 1.54. The summed E-state index contributed by atoms with van der Waals surface area (Å²) in [7, 11) is 1.48. The molecular weight excluding hydrogens is 188 g/mol. The Morgan fingerprint density at radius 2 is 2.23 bits per heavy atom. The van der Waals surface area contributed by atoms with Gasteiger partial charge in [-0.1, -0.05) is 16.8 Å². The van der Waals surface area contributed by atoms with Crippen LogP contribution in [0.5, 0.6) is 0 Å². The van der Waals surface area contributed by atoms with Crippen molar-refractivity contribution in [2.45, 2.75) is 6.92 Å². The summed E-state index contributed by atoms with van der Waals surface area (Å²) in [4.78, 5) is 4.55. The monoisotopic (exact) mass is 198 g/mol. The van der Waals surface area contributed by atoms with Crippen LogP contribution in [0.4, 0.5) is 5.69 Å². The number of benzene rings is 1. The molecule has 13 heavy (non-hydrogen) atoms. The van der Waals surface area contributed by atoms with Crippen LogP contribution in [0, 0.1) is 6.92 Å². The van der Waals surface area contributed by atoms with Crippen LogP contribution in [0.15, 0.2) is 17.3 Å². The summed E-state index contributed by atoms with van der Waals surface area (Å²) < 4.78 is 0. The van der Waals surface area contributed by atoms with Gasteiger partial charge in [0.25, 0.3) is 0 Å². The van der Waals surface area contributed by atoms with E-state index < -0.39 is 0 Å². The second-order valence-corrected chi connectivity index (χ2v) is 3.07. The molecule has 0 saturated heterocycles. The van der Waals surface area contributed by atoms with Gasteiger partial charge in [-0.05, 0) is 24.6 Å². The highest BCUT2D eigenvalue weighted by molar-refractivity contribution is 6.33. The molecule has 0 amide bonds. The number of nitrogens with two attached hydrogens (primary N) is 1. The largest absolute Gasteiger partial charge is 0.399 e. The minimum absolute atomic E-state index is 0.521. The predicted molar refractivity (Wildman–Crippen MR) is 55.2 cm³/mol. The third kappa shape index (κ3) is 2.36. The molecule has 0 atom stereocenters. The molecule has 0 bridgehead atoms. The van der Waals surface area contributed by atoms with Crippen molar-refractivity contribution in [3.63, 3.8) is 0 Å². The summed E-state index contributed by atoms with van der Waals surface area (Å²) in [6.45, 7) is 1.94. The lowest BCUT2D eigenvalue weighted by Gasteiger charge is -2.03. The van der Waals surface area contributed by atoms with E-state index >= 15 is 0 Å². The smallest absolute Gasteiger partial charge is 0.106 e. The van der Waals surface area contributed by atoms with E-state index in [4.69, 9.17) is 17.3 Å². The molecule has 4 heteroatoms. The maximum Gasteiger partial charge on any atom is 0.106 e. The average Bonchev–Trinajstić information content (AvgIpc) is 2.09. The number of aryl methyl sites for hydroxylation is 1. The summed E-state index contributed by atoms with van der Waals surface area (Å²) in [5.74, 6) is 0. The number of halogens is 1. The number of nitrogen functional groups attached to an aromatic ring is 1. The van der Waals surface area contributed by atoms with Gasteiger partial charge in [0.15, 0.2) is 0 Å². The highest BCUT2D eigenvalue weighted by Crippen LogP contribution is 2.23. The molecular formula is C9H11ClN2O. The Balaban J connectivity index is 3.12. The van der Waals surface area contributed by atoms with E-state index in [2.05, 4.69) is 9.99 Å². The molecule has 0 aliphatic rings. The van der Waals surface area contributed by atoms with E-state index in [-0.39, 0.29) is 0 Å². The highest BCUT2D eigenvalue weighted by atomic mass is 35.5. The van der Waals surface area contributed by atoms with Crippen molar-refractivity contribution in [2.24, 2.45) is 5.16 Å². The van der Waals surface area contributed by atoms with E-state index in [1.165, 1.54) is 13.3 Å². The van der Waals surface area contributed by atoms with Crippen molar-refractivity contribution in [3.05, 3.63) is 28.3 Å². The Bertz CT molecular complexity index is 337. The molecule has 0 heterocycles. The van der Waals surface area contributed by atoms with Crippen molar-refractivity contribution in [2.75, 3.05) is 12.8 Å². The molecule has 1 aromatic carbocycles. The van der Waals surface area contributed by atoms with Crippen LogP contribution in [-0.4, -0.2) is 13.3 Å². The molecule has 0 saturated carbocycles. The normalized spacial score (nSPS) is 10.7. The Morgan fingerprint density at radius 3 is 2.85 bits per heavy atom. The molecule has 1 aromatic rings. The van der Waals surface area contributed by atoms with Crippen LogP contribution in [0.3, 0.4) is 0 Å². The third-order valence-electron chi connectivity index (χ3n) is 1.60. The number of rotatable bonds is 2. The number of hydrogen-bond acceptors (Lipinski definition) is 3. The minimum Gasteiger partial charge on any atom is -0.399 e. The van der Waals surface area contributed by atoms with Crippen LogP contribution >= 0.6 is 11.6 Å². The van der Waals surface area contributed by atoms with Crippen molar-refractivity contribution in [3.8, 4) is 0 Å². The van der Waals surface area contributed by atoms with Crippen LogP contribution < -0.4 is 5.73 Å². The lowest BCUT2D eigenvalue weighted by Crippen LogP contribution is -1.95. The van der Waals surface area contributed by atoms with Gasteiger partial charge in [-0.2, -0.15) is 0 Å². The molecule has 0 aliphatic heterocycles. The van der Waals surface area contributed by atoms with Gasteiger partial charge in [0.1, 0.15) is 7.11 Å². The van der Waals surface area contributed by atoms with Crippen LogP contribution in [0.25, 0.3) is 0 Å². The first-order valence-electron chi connectivity index (χ1n) is 3.77. The fourth-order valence-electron chi connectivity index (χ4n) is 0.997. The Labute approximate surface area is 82.1 Å². The van der Waals surface area contributed by atoms with Crippen molar-refractivity contribution in [1.29, 1.82) is 0 Å². The average molecular weight is 199 g/mol. The zero-order valence-corrected chi connectivity index (χ0v) is 8.30. The van der Waals surface area contributed by atoms with Crippen LogP contribution in [0.1, 0.15) is 11.1 Å². The van der Waals surface area contributed by atoms with Gasteiger partial charge >= 0.3 is 0 Å². The first kappa shape index (κ1) is 9.86. The van der Waals surface area contributed by atoms with Crippen molar-refractivity contribution >= 4 is 23.5 Å². The van der Waals surface area contributed by atoms with E-state index in [0.29, 0.717) is 10.7 Å². The summed E-state index contributed by atoms with van der Waals surface area (Å²) >= 11 is 5.87. The standard InChI is InChI=1S/C9H11ClN2O/c1-6-3-7(5-12-13-2)9(11)8(10)4-6/h3-5H,11H2,1-2H3. The number of anilines is 1. The Hall–Kier alpha value is -1.22. The second kappa shape index (κ2) is 4.14. The molecule has 0 spiro atoms. The highest BCUT2D eigenvalue weighted by Gasteiger charge is 2.02. The lowest BCUT2D eigenvalue weighted by molar-refractivity contribution is 0.215.